The van der Waals surface area contributed by atoms with E-state index in [0.717, 1.165) is 0 Å². The van der Waals surface area contributed by atoms with Gasteiger partial charge in [0.25, 0.3) is 5.88 Å². The fourth-order valence-electron chi connectivity index (χ4n) is 1.09. The Balaban J connectivity index is 3.24. The molecule has 0 saturated heterocycles. The molecule has 1 rings (SSSR count). The van der Waals surface area contributed by atoms with E-state index in [1.807, 2.05) is 0 Å². The molecule has 0 aliphatic heterocycles. The molecule has 0 fully saturated rings. The van der Waals surface area contributed by atoms with Crippen molar-refractivity contribution in [1.82, 2.24) is 4.98 Å². The number of alkyl halides is 3. The number of nitrogens with zero attached hydrogens (tertiary/aromatic N) is 1. The van der Waals surface area contributed by atoms with Crippen molar-refractivity contribution in [3.63, 3.8) is 0 Å². The molecule has 0 radical (unpaired) electrons. The van der Waals surface area contributed by atoms with Crippen LogP contribution in [0.5, 0.6) is 23.3 Å². The molecule has 1 aromatic heterocycles. The molecule has 5 nitrogen and oxygen atoms in total. The number of hydrogen-bond donors (Lipinski definition) is 0. The molecule has 8 heteroatoms. The van der Waals surface area contributed by atoms with Crippen LogP contribution in [0.4, 0.5) is 13.2 Å². The molecule has 0 aliphatic carbocycles. The van der Waals surface area contributed by atoms with Crippen molar-refractivity contribution >= 4 is 0 Å². The Morgan fingerprint density at radius 2 is 1.71 bits per heavy atom. The predicted octanol–water partition coefficient (Wildman–Crippen LogP) is 2.01. The van der Waals surface area contributed by atoms with Crippen LogP contribution in [0.2, 0.25) is 0 Å². The van der Waals surface area contributed by atoms with E-state index < -0.39 is 12.2 Å². The maximum Gasteiger partial charge on any atom is 0.574 e. The normalized spacial score (nSPS) is 10.9. The molecule has 0 N–H and O–H groups in total. The molecular formula is C9H10F3NO4. The second-order valence-electron chi connectivity index (χ2n) is 2.75. The second kappa shape index (κ2) is 4.98. The van der Waals surface area contributed by atoms with Crippen LogP contribution in [0.3, 0.4) is 0 Å². The highest BCUT2D eigenvalue weighted by Crippen LogP contribution is 2.40. The highest BCUT2D eigenvalue weighted by molar-refractivity contribution is 5.50. The van der Waals surface area contributed by atoms with E-state index in [4.69, 9.17) is 14.2 Å². The van der Waals surface area contributed by atoms with Crippen LogP contribution in [0.1, 0.15) is 0 Å². The van der Waals surface area contributed by atoms with Gasteiger partial charge in [0.05, 0.1) is 21.3 Å². The van der Waals surface area contributed by atoms with Gasteiger partial charge in [-0.1, -0.05) is 0 Å². The number of pyridine rings is 1. The molecule has 0 amide bonds. The standard InChI is InChI=1S/C9H10F3NO4/c1-14-5-4-6(15-2)13-8(7(5)16-3)17-9(10,11)12/h4H,1-3H3. The average molecular weight is 253 g/mol. The Hall–Kier alpha value is -1.86. The minimum Gasteiger partial charge on any atom is -0.492 e. The summed E-state index contributed by atoms with van der Waals surface area (Å²) in [6, 6.07) is 1.28. The van der Waals surface area contributed by atoms with Gasteiger partial charge in [-0.25, -0.2) is 0 Å². The zero-order valence-electron chi connectivity index (χ0n) is 9.29. The summed E-state index contributed by atoms with van der Waals surface area (Å²) >= 11 is 0. The third kappa shape index (κ3) is 3.30. The molecule has 0 bridgehead atoms. The van der Waals surface area contributed by atoms with Crippen LogP contribution in [0.25, 0.3) is 0 Å². The summed E-state index contributed by atoms with van der Waals surface area (Å²) in [5, 5.41) is 0. The number of ether oxygens (including phenoxy) is 4. The maximum absolute atomic E-state index is 12.1. The van der Waals surface area contributed by atoms with E-state index in [9.17, 15) is 13.2 Å². The lowest BCUT2D eigenvalue weighted by Crippen LogP contribution is -2.18. The molecule has 0 spiro atoms. The summed E-state index contributed by atoms with van der Waals surface area (Å²) < 4.78 is 54.4. The number of halogens is 3. The smallest absolute Gasteiger partial charge is 0.492 e. The van der Waals surface area contributed by atoms with Crippen molar-refractivity contribution in [2.75, 3.05) is 21.3 Å². The minimum atomic E-state index is -4.88. The SMILES string of the molecule is COc1cc(OC)c(OC)c(OC(F)(F)F)n1. The zero-order chi connectivity index (χ0) is 13.1. The Labute approximate surface area is 95.1 Å². The molecule has 1 heterocycles. The van der Waals surface area contributed by atoms with E-state index >= 15 is 0 Å². The topological polar surface area (TPSA) is 49.8 Å². The number of rotatable bonds is 4. The van der Waals surface area contributed by atoms with Crippen LogP contribution >= 0.6 is 0 Å². The van der Waals surface area contributed by atoms with Crippen LogP contribution < -0.4 is 18.9 Å². The molecule has 0 aromatic carbocycles. The van der Waals surface area contributed by atoms with Gasteiger partial charge in [0.1, 0.15) is 0 Å². The third-order valence-electron chi connectivity index (χ3n) is 1.73. The summed E-state index contributed by atoms with van der Waals surface area (Å²) in [5.74, 6) is -1.08. The van der Waals surface area contributed by atoms with E-state index in [-0.39, 0.29) is 17.4 Å². The quantitative estimate of drug-likeness (QED) is 0.821. The fraction of sp³-hybridized carbons (Fsp3) is 0.444. The molecule has 0 unspecified atom stereocenters. The zero-order valence-corrected chi connectivity index (χ0v) is 9.29. The first-order valence-corrected chi connectivity index (χ1v) is 4.34. The van der Waals surface area contributed by atoms with E-state index in [1.54, 1.807) is 0 Å². The lowest BCUT2D eigenvalue weighted by atomic mass is 10.4. The van der Waals surface area contributed by atoms with Crippen molar-refractivity contribution in [2.24, 2.45) is 0 Å². The van der Waals surface area contributed by atoms with Crippen molar-refractivity contribution in [2.45, 2.75) is 6.36 Å². The van der Waals surface area contributed by atoms with Gasteiger partial charge >= 0.3 is 6.36 Å². The molecular weight excluding hydrogens is 243 g/mol. The largest absolute Gasteiger partial charge is 0.574 e. The molecule has 0 atom stereocenters. The number of hydrogen-bond acceptors (Lipinski definition) is 5. The van der Waals surface area contributed by atoms with E-state index in [0.29, 0.717) is 0 Å². The van der Waals surface area contributed by atoms with Crippen molar-refractivity contribution in [3.8, 4) is 23.3 Å². The third-order valence-corrected chi connectivity index (χ3v) is 1.73. The monoisotopic (exact) mass is 253 g/mol. The van der Waals surface area contributed by atoms with Crippen LogP contribution in [-0.2, 0) is 0 Å². The van der Waals surface area contributed by atoms with E-state index in [1.165, 1.54) is 27.4 Å². The summed E-state index contributed by atoms with van der Waals surface area (Å²) in [5.41, 5.74) is 0. The summed E-state index contributed by atoms with van der Waals surface area (Å²) in [6.07, 6.45) is -4.88. The molecule has 1 aromatic rings. The Morgan fingerprint density at radius 3 is 2.12 bits per heavy atom. The van der Waals surface area contributed by atoms with Gasteiger partial charge < -0.3 is 18.9 Å². The summed E-state index contributed by atoms with van der Waals surface area (Å²) in [6.45, 7) is 0. The van der Waals surface area contributed by atoms with Gasteiger partial charge in [-0.05, 0) is 0 Å². The second-order valence-corrected chi connectivity index (χ2v) is 2.75. The van der Waals surface area contributed by atoms with Gasteiger partial charge in [-0.2, -0.15) is 4.98 Å². The molecule has 0 aliphatic rings. The van der Waals surface area contributed by atoms with Crippen LogP contribution in [-0.4, -0.2) is 32.7 Å². The number of aromatic nitrogens is 1. The first-order valence-electron chi connectivity index (χ1n) is 4.34. The van der Waals surface area contributed by atoms with Crippen LogP contribution in [0, 0.1) is 0 Å². The van der Waals surface area contributed by atoms with Crippen molar-refractivity contribution in [1.29, 1.82) is 0 Å². The average Bonchev–Trinajstić information content (AvgIpc) is 2.25. The fourth-order valence-corrected chi connectivity index (χ4v) is 1.09. The molecule has 17 heavy (non-hydrogen) atoms. The predicted molar refractivity (Wildman–Crippen MR) is 50.6 cm³/mol. The first-order chi connectivity index (χ1) is 7.91. The lowest BCUT2D eigenvalue weighted by molar-refractivity contribution is -0.276. The summed E-state index contributed by atoms with van der Waals surface area (Å²) in [7, 11) is 3.70. The van der Waals surface area contributed by atoms with Crippen molar-refractivity contribution < 1.29 is 32.1 Å². The lowest BCUT2D eigenvalue weighted by Gasteiger charge is -2.14. The molecule has 96 valence electrons. The summed E-state index contributed by atoms with van der Waals surface area (Å²) in [4.78, 5) is 3.49. The van der Waals surface area contributed by atoms with Crippen LogP contribution in [0.15, 0.2) is 6.07 Å². The highest BCUT2D eigenvalue weighted by atomic mass is 19.4. The maximum atomic E-state index is 12.1. The molecule has 0 saturated carbocycles. The van der Waals surface area contributed by atoms with Gasteiger partial charge in [-0.3, -0.25) is 0 Å². The van der Waals surface area contributed by atoms with Gasteiger partial charge in [0.15, 0.2) is 5.75 Å². The Kier molecular flexibility index (Phi) is 3.87. The van der Waals surface area contributed by atoms with Gasteiger partial charge in [0.2, 0.25) is 11.6 Å². The van der Waals surface area contributed by atoms with Gasteiger partial charge in [0, 0.05) is 6.07 Å². The first kappa shape index (κ1) is 13.2. The van der Waals surface area contributed by atoms with Crippen molar-refractivity contribution in [3.05, 3.63) is 6.07 Å². The highest BCUT2D eigenvalue weighted by Gasteiger charge is 2.34. The number of methoxy groups -OCH3 is 3. The van der Waals surface area contributed by atoms with E-state index in [2.05, 4.69) is 9.72 Å². The Bertz CT molecular complexity index is 395. The Morgan fingerprint density at radius 1 is 1.06 bits per heavy atom. The minimum absolute atomic E-state index is 0.0265. The van der Waals surface area contributed by atoms with Gasteiger partial charge in [-0.15, -0.1) is 13.2 Å².